The summed E-state index contributed by atoms with van der Waals surface area (Å²) in [6, 6.07) is 0. The number of hydrogen-bond acceptors (Lipinski definition) is 0. The molecule has 0 saturated heterocycles. The molecule has 1 heterocycles. The third kappa shape index (κ3) is 1.49. The van der Waals surface area contributed by atoms with Gasteiger partial charge in [-0.1, -0.05) is 0 Å². The van der Waals surface area contributed by atoms with Gasteiger partial charge in [-0.05, 0) is 0 Å². The van der Waals surface area contributed by atoms with Crippen molar-refractivity contribution < 1.29 is 0 Å². The Morgan fingerprint density at radius 3 is 2.50 bits per heavy atom. The van der Waals surface area contributed by atoms with Crippen LogP contribution in [0.15, 0.2) is 21.3 Å². The van der Waals surface area contributed by atoms with Crippen molar-refractivity contribution in [2.75, 3.05) is 0 Å². The number of hydrogen-bond donors (Lipinski definition) is 0. The Morgan fingerprint density at radius 1 is 1.33 bits per heavy atom. The SMILES string of the molecule is C1=C[Se][Te]C=C1. The molecular weight excluding hydrogens is 255 g/mol. The molecule has 0 radical (unpaired) electrons. The minimum absolute atomic E-state index is 0.367. The molecule has 0 aliphatic carbocycles. The van der Waals surface area contributed by atoms with E-state index < -0.39 is 0 Å². The average Bonchev–Trinajstić information content (AvgIpc) is 1.72. The molecule has 0 unspecified atom stereocenters. The maximum absolute atomic E-state index is 2.34. The topological polar surface area (TPSA) is 0 Å². The molecule has 0 atom stereocenters. The van der Waals surface area contributed by atoms with Gasteiger partial charge in [0.05, 0.1) is 0 Å². The van der Waals surface area contributed by atoms with E-state index in [2.05, 4.69) is 21.3 Å². The number of allylic oxidation sites excluding steroid dienone is 2. The maximum atomic E-state index is 2.34. The van der Waals surface area contributed by atoms with Gasteiger partial charge in [0.25, 0.3) is 0 Å². The zero-order valence-electron chi connectivity index (χ0n) is 3.13. The van der Waals surface area contributed by atoms with Crippen LogP contribution in [0.4, 0.5) is 0 Å². The van der Waals surface area contributed by atoms with E-state index in [9.17, 15) is 0 Å². The summed E-state index contributed by atoms with van der Waals surface area (Å²) in [4.78, 5) is 2.30. The Morgan fingerprint density at radius 2 is 2.33 bits per heavy atom. The zero-order chi connectivity index (χ0) is 4.24. The molecule has 1 rings (SSSR count). The molecule has 6 heavy (non-hydrogen) atoms. The van der Waals surface area contributed by atoms with Crippen molar-refractivity contribution in [2.45, 2.75) is 0 Å². The van der Waals surface area contributed by atoms with Crippen molar-refractivity contribution in [3.8, 4) is 0 Å². The third-order valence-electron chi connectivity index (χ3n) is 0.435. The first-order chi connectivity index (χ1) is 3.00. The van der Waals surface area contributed by atoms with Crippen molar-refractivity contribution in [1.82, 2.24) is 0 Å². The molecule has 0 amide bonds. The van der Waals surface area contributed by atoms with Crippen molar-refractivity contribution >= 4 is 30.5 Å². The first kappa shape index (κ1) is 4.94. The second-order valence-electron chi connectivity index (χ2n) is 0.850. The summed E-state index contributed by atoms with van der Waals surface area (Å²) in [5.74, 6) is 0. The molecule has 2 heteroatoms. The third-order valence-corrected chi connectivity index (χ3v) is 6.86. The molecule has 0 saturated carbocycles. The van der Waals surface area contributed by atoms with E-state index in [0.29, 0.717) is 18.7 Å². The standard InChI is InChI=1S/C4H4SeTe/c1-2-4-6-5-3-1/h1-4H. The fraction of sp³-hybridized carbons (Fsp3) is 0. The fourth-order valence-electron chi connectivity index (χ4n) is 0.219. The predicted molar refractivity (Wildman–Crippen MR) is 29.8 cm³/mol. The van der Waals surface area contributed by atoms with Crippen molar-refractivity contribution in [3.63, 3.8) is 0 Å². The fourth-order valence-corrected chi connectivity index (χ4v) is 5.01. The quantitative estimate of drug-likeness (QED) is 0.550. The molecule has 0 aromatic rings. The minimum atomic E-state index is 0.367. The van der Waals surface area contributed by atoms with E-state index in [1.54, 1.807) is 0 Å². The normalized spacial score (nSPS) is 18.7. The van der Waals surface area contributed by atoms with Gasteiger partial charge in [-0.2, -0.15) is 0 Å². The molecule has 0 N–H and O–H groups in total. The predicted octanol–water partition coefficient (Wildman–Crippen LogP) is 0.351. The van der Waals surface area contributed by atoms with Crippen LogP contribution in [0.25, 0.3) is 0 Å². The molecule has 1 aliphatic rings. The van der Waals surface area contributed by atoms with E-state index in [0.717, 1.165) is 11.8 Å². The Kier molecular flexibility index (Phi) is 2.37. The van der Waals surface area contributed by atoms with Gasteiger partial charge in [-0.25, -0.2) is 0 Å². The van der Waals surface area contributed by atoms with E-state index in [1.165, 1.54) is 0 Å². The van der Waals surface area contributed by atoms with Crippen molar-refractivity contribution in [1.29, 1.82) is 0 Å². The number of rotatable bonds is 0. The van der Waals surface area contributed by atoms with Crippen molar-refractivity contribution in [3.05, 3.63) is 21.3 Å². The molecule has 1 aliphatic heterocycles. The Balaban J connectivity index is 2.46. The summed E-state index contributed by atoms with van der Waals surface area (Å²) in [5.41, 5.74) is 0. The van der Waals surface area contributed by atoms with Gasteiger partial charge in [0.15, 0.2) is 0 Å². The van der Waals surface area contributed by atoms with E-state index in [4.69, 9.17) is 0 Å². The molecular formula is C4H4SeTe. The second kappa shape index (κ2) is 2.88. The summed E-state index contributed by atoms with van der Waals surface area (Å²) < 4.78 is 2.34. The molecule has 0 aromatic heterocycles. The van der Waals surface area contributed by atoms with Crippen LogP contribution in [0.3, 0.4) is 0 Å². The van der Waals surface area contributed by atoms with E-state index >= 15 is 0 Å². The first-order valence-corrected chi connectivity index (χ1v) is 9.62. The van der Waals surface area contributed by atoms with Gasteiger partial charge in [0.1, 0.15) is 0 Å². The van der Waals surface area contributed by atoms with Crippen LogP contribution in [-0.2, 0) is 0 Å². The van der Waals surface area contributed by atoms with Crippen LogP contribution in [0.1, 0.15) is 0 Å². The summed E-state index contributed by atoms with van der Waals surface area (Å²) in [6.07, 6.45) is 4.31. The molecule has 0 fully saturated rings. The second-order valence-corrected chi connectivity index (χ2v) is 8.71. The Labute approximate surface area is 51.6 Å². The van der Waals surface area contributed by atoms with Gasteiger partial charge < -0.3 is 0 Å². The van der Waals surface area contributed by atoms with Gasteiger partial charge in [0, 0.05) is 0 Å². The summed E-state index contributed by atoms with van der Waals surface area (Å²) in [7, 11) is 0. The first-order valence-electron chi connectivity index (χ1n) is 1.64. The van der Waals surface area contributed by atoms with Gasteiger partial charge in [-0.3, -0.25) is 0 Å². The summed E-state index contributed by atoms with van der Waals surface area (Å²) in [5, 5.41) is 0. The molecule has 0 spiro atoms. The van der Waals surface area contributed by atoms with Crippen LogP contribution < -0.4 is 0 Å². The molecule has 0 nitrogen and oxygen atoms in total. The zero-order valence-corrected chi connectivity index (χ0v) is 7.17. The van der Waals surface area contributed by atoms with E-state index in [-0.39, 0.29) is 0 Å². The molecule has 0 bridgehead atoms. The average molecular weight is 259 g/mol. The Hall–Kier alpha value is 0.789. The van der Waals surface area contributed by atoms with Gasteiger partial charge in [-0.15, -0.1) is 0 Å². The van der Waals surface area contributed by atoms with Crippen LogP contribution in [0.2, 0.25) is 0 Å². The van der Waals surface area contributed by atoms with Gasteiger partial charge >= 0.3 is 51.7 Å². The van der Waals surface area contributed by atoms with Crippen LogP contribution in [-0.4, -0.2) is 30.5 Å². The van der Waals surface area contributed by atoms with Crippen LogP contribution in [0.5, 0.6) is 0 Å². The van der Waals surface area contributed by atoms with Crippen LogP contribution in [0, 0.1) is 0 Å². The summed E-state index contributed by atoms with van der Waals surface area (Å²) >= 11 is 1.28. The van der Waals surface area contributed by atoms with Crippen LogP contribution >= 0.6 is 0 Å². The molecule has 32 valence electrons. The van der Waals surface area contributed by atoms with Crippen molar-refractivity contribution in [2.24, 2.45) is 0 Å². The Bertz CT molecular complexity index is 73.5. The summed E-state index contributed by atoms with van der Waals surface area (Å²) in [6.45, 7) is 0. The molecule has 0 aromatic carbocycles. The monoisotopic (exact) mass is 262 g/mol. The van der Waals surface area contributed by atoms with Gasteiger partial charge in [0.2, 0.25) is 0 Å². The van der Waals surface area contributed by atoms with E-state index in [1.807, 2.05) is 0 Å².